The minimum absolute atomic E-state index is 0.0126. The number of rotatable bonds is 11. The lowest BCUT2D eigenvalue weighted by Gasteiger charge is -2.36. The fraction of sp³-hybridized carbons (Fsp3) is 0.618. The summed E-state index contributed by atoms with van der Waals surface area (Å²) in [6, 6.07) is 7.76. The van der Waals surface area contributed by atoms with E-state index in [1.807, 2.05) is 57.0 Å². The molecule has 2 aliphatic rings. The molecule has 4 rings (SSSR count). The van der Waals surface area contributed by atoms with Crippen molar-refractivity contribution in [2.45, 2.75) is 96.7 Å². The summed E-state index contributed by atoms with van der Waals surface area (Å²) in [5, 5.41) is 13.3. The van der Waals surface area contributed by atoms with Gasteiger partial charge >= 0.3 is 0 Å². The number of carbonyl (C=O) groups excluding carboxylic acids is 4. The third kappa shape index (κ3) is 8.93. The van der Waals surface area contributed by atoms with Gasteiger partial charge in [0.1, 0.15) is 17.8 Å². The summed E-state index contributed by atoms with van der Waals surface area (Å²) in [4.78, 5) is 57.1. The number of aromatic nitrogens is 2. The minimum atomic E-state index is -0.685. The van der Waals surface area contributed by atoms with Crippen molar-refractivity contribution in [1.82, 2.24) is 30.2 Å². The van der Waals surface area contributed by atoms with E-state index in [-0.39, 0.29) is 41.5 Å². The lowest BCUT2D eigenvalue weighted by atomic mass is 9.90. The topological polar surface area (TPSA) is 129 Å². The molecule has 11 heteroatoms. The van der Waals surface area contributed by atoms with Gasteiger partial charge in [-0.2, -0.15) is 5.10 Å². The van der Waals surface area contributed by atoms with Crippen molar-refractivity contribution in [2.24, 2.45) is 5.92 Å². The van der Waals surface area contributed by atoms with Crippen molar-refractivity contribution in [3.63, 3.8) is 0 Å². The van der Waals surface area contributed by atoms with Crippen LogP contribution < -0.4 is 16.0 Å². The SMILES string of the molecule is CCC(=O)NC(C(=O)N1CCN(C)CC1)C(C)c1ccc(NC(=O)C(NC(=O)c2ccnn2C(C)C)C2CCCCCC2)cc1. The van der Waals surface area contributed by atoms with Crippen LogP contribution in [0.25, 0.3) is 0 Å². The Morgan fingerprint density at radius 2 is 1.53 bits per heavy atom. The smallest absolute Gasteiger partial charge is 0.270 e. The lowest BCUT2D eigenvalue weighted by molar-refractivity contribution is -0.138. The van der Waals surface area contributed by atoms with Gasteiger partial charge in [0.05, 0.1) is 0 Å². The Bertz CT molecular complexity index is 1290. The zero-order chi connectivity index (χ0) is 32.5. The number of carbonyl (C=O) groups is 4. The Labute approximate surface area is 267 Å². The highest BCUT2D eigenvalue weighted by Crippen LogP contribution is 2.28. The Hall–Kier alpha value is -3.73. The summed E-state index contributed by atoms with van der Waals surface area (Å²) in [7, 11) is 2.04. The molecule has 1 aromatic carbocycles. The molecule has 0 spiro atoms. The lowest BCUT2D eigenvalue weighted by Crippen LogP contribution is -2.55. The number of nitrogens with zero attached hydrogens (tertiary/aromatic N) is 4. The molecule has 1 aliphatic carbocycles. The third-order valence-electron chi connectivity index (χ3n) is 9.25. The normalized spacial score (nSPS) is 18.5. The molecule has 1 aliphatic heterocycles. The number of benzene rings is 1. The van der Waals surface area contributed by atoms with Gasteiger partial charge in [0, 0.05) is 56.4 Å². The summed E-state index contributed by atoms with van der Waals surface area (Å²) in [5.74, 6) is -1.03. The van der Waals surface area contributed by atoms with Crippen LogP contribution in [-0.4, -0.2) is 88.5 Å². The average molecular weight is 622 g/mol. The second-order valence-electron chi connectivity index (χ2n) is 12.9. The minimum Gasteiger partial charge on any atom is -0.344 e. The van der Waals surface area contributed by atoms with Crippen LogP contribution in [0, 0.1) is 5.92 Å². The molecule has 1 saturated heterocycles. The van der Waals surface area contributed by atoms with Crippen LogP contribution in [0.1, 0.15) is 101 Å². The molecule has 3 N–H and O–H groups in total. The molecule has 1 saturated carbocycles. The molecule has 2 aromatic rings. The van der Waals surface area contributed by atoms with Crippen molar-refractivity contribution >= 4 is 29.3 Å². The van der Waals surface area contributed by atoms with Gasteiger partial charge in [0.15, 0.2) is 0 Å². The van der Waals surface area contributed by atoms with Gasteiger partial charge in [-0.15, -0.1) is 0 Å². The highest BCUT2D eigenvalue weighted by Gasteiger charge is 2.34. The van der Waals surface area contributed by atoms with Gasteiger partial charge in [-0.3, -0.25) is 23.9 Å². The number of hydrogen-bond acceptors (Lipinski definition) is 6. The van der Waals surface area contributed by atoms with Gasteiger partial charge in [0.25, 0.3) is 5.91 Å². The predicted molar refractivity (Wildman–Crippen MR) is 175 cm³/mol. The van der Waals surface area contributed by atoms with E-state index >= 15 is 0 Å². The van der Waals surface area contributed by atoms with Crippen molar-refractivity contribution < 1.29 is 19.2 Å². The quantitative estimate of drug-likeness (QED) is 0.326. The molecular formula is C34H51N7O4. The zero-order valence-electron chi connectivity index (χ0n) is 27.6. The largest absolute Gasteiger partial charge is 0.344 e. The Morgan fingerprint density at radius 3 is 2.13 bits per heavy atom. The molecule has 2 heterocycles. The van der Waals surface area contributed by atoms with Crippen molar-refractivity contribution in [3.8, 4) is 0 Å². The number of anilines is 1. The highest BCUT2D eigenvalue weighted by atomic mass is 16.2. The maximum atomic E-state index is 13.8. The van der Waals surface area contributed by atoms with Crippen LogP contribution in [0.5, 0.6) is 0 Å². The molecule has 246 valence electrons. The van der Waals surface area contributed by atoms with Gasteiger partial charge < -0.3 is 25.8 Å². The van der Waals surface area contributed by atoms with Crippen LogP contribution in [0.3, 0.4) is 0 Å². The molecule has 3 unspecified atom stereocenters. The number of amides is 4. The van der Waals surface area contributed by atoms with Crippen molar-refractivity contribution in [1.29, 1.82) is 0 Å². The number of hydrogen-bond donors (Lipinski definition) is 3. The molecule has 1 aromatic heterocycles. The fourth-order valence-electron chi connectivity index (χ4n) is 6.34. The van der Waals surface area contributed by atoms with E-state index in [0.29, 0.717) is 30.9 Å². The Morgan fingerprint density at radius 1 is 0.889 bits per heavy atom. The Kier molecular flexibility index (Phi) is 12.2. The molecule has 0 bridgehead atoms. The van der Waals surface area contributed by atoms with Gasteiger partial charge in [-0.25, -0.2) is 0 Å². The summed E-state index contributed by atoms with van der Waals surface area (Å²) in [6.45, 7) is 10.5. The number of likely N-dealkylation sites (N-methyl/N-ethyl adjacent to an activating group) is 1. The molecular weight excluding hydrogens is 570 g/mol. The molecule has 45 heavy (non-hydrogen) atoms. The molecule has 2 fully saturated rings. The van der Waals surface area contributed by atoms with E-state index < -0.39 is 12.1 Å². The van der Waals surface area contributed by atoms with Crippen LogP contribution in [-0.2, 0) is 14.4 Å². The van der Waals surface area contributed by atoms with Gasteiger partial charge in [0.2, 0.25) is 17.7 Å². The van der Waals surface area contributed by atoms with E-state index in [9.17, 15) is 19.2 Å². The number of nitrogens with one attached hydrogen (secondary N) is 3. The standard InChI is InChI=1S/C34H51N7O4/c1-6-29(42)37-30(34(45)40-21-19-39(5)20-22-40)24(4)25-13-15-27(16-14-25)36-33(44)31(26-11-9-7-8-10-12-26)38-32(43)28-17-18-35-41(28)23(2)3/h13-18,23-24,26,30-31H,6-12,19-22H2,1-5H3,(H,36,44)(H,37,42)(H,38,43). The van der Waals surface area contributed by atoms with Crippen molar-refractivity contribution in [3.05, 3.63) is 47.8 Å². The first-order valence-electron chi connectivity index (χ1n) is 16.6. The number of piperazine rings is 1. The van der Waals surface area contributed by atoms with Crippen LogP contribution >= 0.6 is 0 Å². The molecule has 3 atom stereocenters. The van der Waals surface area contributed by atoms with E-state index in [0.717, 1.165) is 57.2 Å². The first kappa shape index (κ1) is 34.1. The molecule has 4 amide bonds. The van der Waals surface area contributed by atoms with E-state index in [4.69, 9.17) is 0 Å². The molecule has 0 radical (unpaired) electrons. The van der Waals surface area contributed by atoms with E-state index in [2.05, 4.69) is 25.9 Å². The Balaban J connectivity index is 1.49. The zero-order valence-corrected chi connectivity index (χ0v) is 27.6. The third-order valence-corrected chi connectivity index (χ3v) is 9.25. The van der Waals surface area contributed by atoms with E-state index in [1.165, 1.54) is 0 Å². The highest BCUT2D eigenvalue weighted by molar-refractivity contribution is 6.00. The summed E-state index contributed by atoms with van der Waals surface area (Å²) >= 11 is 0. The molecule has 11 nitrogen and oxygen atoms in total. The van der Waals surface area contributed by atoms with Crippen LogP contribution in [0.15, 0.2) is 36.5 Å². The maximum Gasteiger partial charge on any atom is 0.270 e. The van der Waals surface area contributed by atoms with Gasteiger partial charge in [-0.1, -0.05) is 51.7 Å². The van der Waals surface area contributed by atoms with Crippen molar-refractivity contribution in [2.75, 3.05) is 38.5 Å². The first-order chi connectivity index (χ1) is 21.6. The summed E-state index contributed by atoms with van der Waals surface area (Å²) < 4.78 is 1.67. The monoisotopic (exact) mass is 621 g/mol. The average Bonchev–Trinajstić information content (AvgIpc) is 3.39. The van der Waals surface area contributed by atoms with Crippen LogP contribution in [0.4, 0.5) is 5.69 Å². The van der Waals surface area contributed by atoms with E-state index in [1.54, 1.807) is 23.9 Å². The summed E-state index contributed by atoms with van der Waals surface area (Å²) in [5.41, 5.74) is 1.92. The van der Waals surface area contributed by atoms with Gasteiger partial charge in [-0.05, 0) is 63.4 Å². The second-order valence-corrected chi connectivity index (χ2v) is 12.9. The second kappa shape index (κ2) is 16.0. The summed E-state index contributed by atoms with van der Waals surface area (Å²) in [6.07, 6.45) is 7.99. The predicted octanol–water partition coefficient (Wildman–Crippen LogP) is 3.94. The maximum absolute atomic E-state index is 13.8. The first-order valence-corrected chi connectivity index (χ1v) is 16.6. The van der Waals surface area contributed by atoms with Crippen LogP contribution in [0.2, 0.25) is 0 Å². The fourth-order valence-corrected chi connectivity index (χ4v) is 6.34.